The van der Waals surface area contributed by atoms with Gasteiger partial charge in [0.2, 0.25) is 5.91 Å². The summed E-state index contributed by atoms with van der Waals surface area (Å²) in [6.07, 6.45) is 0.677. The van der Waals surface area contributed by atoms with Crippen LogP contribution in [0.15, 0.2) is 24.3 Å². The van der Waals surface area contributed by atoms with Crippen LogP contribution in [-0.2, 0) is 11.2 Å². The second-order valence-corrected chi connectivity index (χ2v) is 4.98. The summed E-state index contributed by atoms with van der Waals surface area (Å²) >= 11 is 0. The van der Waals surface area contributed by atoms with Crippen molar-refractivity contribution in [1.82, 2.24) is 5.32 Å². The Morgan fingerprint density at radius 1 is 1.28 bits per heavy atom. The maximum Gasteiger partial charge on any atom is 0.236 e. The molecular weight excluding hydrogens is 231 g/mol. The quantitative estimate of drug-likeness (QED) is 0.840. The highest BCUT2D eigenvalue weighted by molar-refractivity contribution is 5.81. The Hall–Kier alpha value is -1.42. The van der Waals surface area contributed by atoms with E-state index in [9.17, 15) is 9.18 Å². The van der Waals surface area contributed by atoms with E-state index in [4.69, 9.17) is 5.73 Å². The second kappa shape index (κ2) is 6.50. The fourth-order valence-electron chi connectivity index (χ4n) is 1.64. The zero-order valence-electron chi connectivity index (χ0n) is 11.1. The lowest BCUT2D eigenvalue weighted by Crippen LogP contribution is -2.46. The summed E-state index contributed by atoms with van der Waals surface area (Å²) in [5.74, 6) is -0.118. The van der Waals surface area contributed by atoms with Crippen LogP contribution in [0, 0.1) is 11.7 Å². The molecule has 1 unspecified atom stereocenters. The van der Waals surface area contributed by atoms with Crippen LogP contribution in [0.2, 0.25) is 0 Å². The Kier molecular flexibility index (Phi) is 5.28. The molecule has 0 aliphatic heterocycles. The average Bonchev–Trinajstić information content (AvgIpc) is 2.30. The van der Waals surface area contributed by atoms with Gasteiger partial charge in [-0.2, -0.15) is 0 Å². The molecule has 0 aromatic heterocycles. The Balaban J connectivity index is 2.68. The molecule has 1 aromatic carbocycles. The lowest BCUT2D eigenvalue weighted by atomic mass is 9.96. The number of nitrogens with two attached hydrogens (primary N) is 1. The number of carbonyl (C=O) groups excluding carboxylic acids is 1. The van der Waals surface area contributed by atoms with Crippen LogP contribution in [0.5, 0.6) is 0 Å². The minimum absolute atomic E-state index is 0.00830. The van der Waals surface area contributed by atoms with E-state index in [2.05, 4.69) is 5.32 Å². The first-order chi connectivity index (χ1) is 8.40. The molecule has 2 atom stereocenters. The predicted octanol–water partition coefficient (Wildman–Crippen LogP) is 1.86. The van der Waals surface area contributed by atoms with Gasteiger partial charge in [-0.3, -0.25) is 4.79 Å². The topological polar surface area (TPSA) is 55.1 Å². The van der Waals surface area contributed by atoms with Crippen molar-refractivity contribution in [2.75, 3.05) is 0 Å². The van der Waals surface area contributed by atoms with Crippen LogP contribution < -0.4 is 11.1 Å². The average molecular weight is 252 g/mol. The van der Waals surface area contributed by atoms with Gasteiger partial charge >= 0.3 is 0 Å². The van der Waals surface area contributed by atoms with E-state index in [-0.39, 0.29) is 23.7 Å². The summed E-state index contributed by atoms with van der Waals surface area (Å²) in [7, 11) is 0. The Morgan fingerprint density at radius 3 is 2.28 bits per heavy atom. The van der Waals surface area contributed by atoms with Crippen molar-refractivity contribution < 1.29 is 9.18 Å². The van der Waals surface area contributed by atoms with Crippen molar-refractivity contribution in [3.63, 3.8) is 0 Å². The molecule has 100 valence electrons. The van der Waals surface area contributed by atoms with E-state index in [1.165, 1.54) is 12.1 Å². The molecule has 4 heteroatoms. The number of rotatable bonds is 5. The molecule has 0 radical (unpaired) electrons. The standard InChI is InChI=1S/C14H21FN2O/c1-9(2)13(17-14(18)10(3)16)8-11-4-6-12(15)7-5-11/h4-7,9-10,13H,8,16H2,1-3H3,(H,17,18)/t10-,13?/m0/s1. The van der Waals surface area contributed by atoms with Gasteiger partial charge in [-0.15, -0.1) is 0 Å². The number of nitrogens with one attached hydrogen (secondary N) is 1. The molecule has 0 spiro atoms. The SMILES string of the molecule is CC(C)C(Cc1ccc(F)cc1)NC(=O)[C@H](C)N. The molecule has 1 rings (SSSR count). The zero-order chi connectivity index (χ0) is 13.7. The summed E-state index contributed by atoms with van der Waals surface area (Å²) < 4.78 is 12.8. The predicted molar refractivity (Wildman–Crippen MR) is 70.5 cm³/mol. The molecule has 3 N–H and O–H groups in total. The molecule has 1 amide bonds. The third-order valence-corrected chi connectivity index (χ3v) is 2.91. The molecule has 18 heavy (non-hydrogen) atoms. The second-order valence-electron chi connectivity index (χ2n) is 4.98. The minimum Gasteiger partial charge on any atom is -0.351 e. The lowest BCUT2D eigenvalue weighted by Gasteiger charge is -2.23. The smallest absolute Gasteiger partial charge is 0.236 e. The maximum absolute atomic E-state index is 12.8. The van der Waals surface area contributed by atoms with E-state index in [0.717, 1.165) is 5.56 Å². The number of hydrogen-bond acceptors (Lipinski definition) is 2. The Labute approximate surface area is 108 Å². The van der Waals surface area contributed by atoms with E-state index in [1.54, 1.807) is 19.1 Å². The fourth-order valence-corrected chi connectivity index (χ4v) is 1.64. The highest BCUT2D eigenvalue weighted by Gasteiger charge is 2.18. The largest absolute Gasteiger partial charge is 0.351 e. The molecular formula is C14H21FN2O. The highest BCUT2D eigenvalue weighted by Crippen LogP contribution is 2.11. The van der Waals surface area contributed by atoms with Crippen LogP contribution in [0.3, 0.4) is 0 Å². The first-order valence-corrected chi connectivity index (χ1v) is 6.20. The number of carbonyl (C=O) groups is 1. The van der Waals surface area contributed by atoms with Gasteiger partial charge in [0.1, 0.15) is 5.82 Å². The molecule has 0 saturated carbocycles. The van der Waals surface area contributed by atoms with Crippen molar-refractivity contribution in [2.24, 2.45) is 11.7 Å². The number of hydrogen-bond donors (Lipinski definition) is 2. The molecule has 0 aliphatic rings. The normalized spacial score (nSPS) is 14.3. The minimum atomic E-state index is -0.514. The van der Waals surface area contributed by atoms with Gasteiger partial charge in [0, 0.05) is 6.04 Å². The first-order valence-electron chi connectivity index (χ1n) is 6.20. The molecule has 3 nitrogen and oxygen atoms in total. The van der Waals surface area contributed by atoms with Crippen LogP contribution in [0.25, 0.3) is 0 Å². The number of halogens is 1. The van der Waals surface area contributed by atoms with Crippen molar-refractivity contribution in [1.29, 1.82) is 0 Å². The molecule has 0 bridgehead atoms. The summed E-state index contributed by atoms with van der Waals surface area (Å²) in [5, 5.41) is 2.92. The first kappa shape index (κ1) is 14.6. The van der Waals surface area contributed by atoms with Crippen LogP contribution in [0.1, 0.15) is 26.3 Å². The number of benzene rings is 1. The summed E-state index contributed by atoms with van der Waals surface area (Å²) in [4.78, 5) is 11.6. The summed E-state index contributed by atoms with van der Waals surface area (Å²) in [5.41, 5.74) is 6.54. The monoisotopic (exact) mass is 252 g/mol. The highest BCUT2D eigenvalue weighted by atomic mass is 19.1. The van der Waals surface area contributed by atoms with Gasteiger partial charge in [0.15, 0.2) is 0 Å². The van der Waals surface area contributed by atoms with Crippen LogP contribution in [-0.4, -0.2) is 18.0 Å². The number of amides is 1. The van der Waals surface area contributed by atoms with Gasteiger partial charge < -0.3 is 11.1 Å². The third-order valence-electron chi connectivity index (χ3n) is 2.91. The molecule has 0 aliphatic carbocycles. The van der Waals surface area contributed by atoms with E-state index < -0.39 is 6.04 Å². The third kappa shape index (κ3) is 4.45. The van der Waals surface area contributed by atoms with Gasteiger partial charge in [-0.05, 0) is 37.0 Å². The Morgan fingerprint density at radius 2 is 1.83 bits per heavy atom. The van der Waals surface area contributed by atoms with Crippen molar-refractivity contribution in [2.45, 2.75) is 39.3 Å². The summed E-state index contributed by atoms with van der Waals surface area (Å²) in [6, 6.07) is 5.83. The maximum atomic E-state index is 12.8. The van der Waals surface area contributed by atoms with Gasteiger partial charge in [-0.25, -0.2) is 4.39 Å². The lowest BCUT2D eigenvalue weighted by molar-refractivity contribution is -0.123. The molecule has 1 aromatic rings. The summed E-state index contributed by atoms with van der Waals surface area (Å²) in [6.45, 7) is 5.73. The molecule has 0 heterocycles. The van der Waals surface area contributed by atoms with Crippen LogP contribution >= 0.6 is 0 Å². The van der Waals surface area contributed by atoms with Crippen molar-refractivity contribution in [3.8, 4) is 0 Å². The van der Waals surface area contributed by atoms with Gasteiger partial charge in [0.05, 0.1) is 6.04 Å². The van der Waals surface area contributed by atoms with Crippen molar-refractivity contribution in [3.05, 3.63) is 35.6 Å². The van der Waals surface area contributed by atoms with Gasteiger partial charge in [0.25, 0.3) is 0 Å². The molecule has 0 fully saturated rings. The van der Waals surface area contributed by atoms with E-state index >= 15 is 0 Å². The van der Waals surface area contributed by atoms with E-state index in [0.29, 0.717) is 6.42 Å². The fraction of sp³-hybridized carbons (Fsp3) is 0.500. The molecule has 0 saturated heterocycles. The van der Waals surface area contributed by atoms with E-state index in [1.807, 2.05) is 13.8 Å². The van der Waals surface area contributed by atoms with Crippen molar-refractivity contribution >= 4 is 5.91 Å². The van der Waals surface area contributed by atoms with Gasteiger partial charge in [-0.1, -0.05) is 26.0 Å². The Bertz CT molecular complexity index is 387. The van der Waals surface area contributed by atoms with Crippen LogP contribution in [0.4, 0.5) is 4.39 Å². The zero-order valence-corrected chi connectivity index (χ0v) is 11.1.